The van der Waals surface area contributed by atoms with Gasteiger partial charge in [-0.3, -0.25) is 4.79 Å². The van der Waals surface area contributed by atoms with Crippen LogP contribution >= 0.6 is 0 Å². The normalized spacial score (nSPS) is 12.2. The first-order valence-corrected chi connectivity index (χ1v) is 6.84. The van der Waals surface area contributed by atoms with Crippen LogP contribution in [0.15, 0.2) is 24.3 Å². The molecule has 0 aliphatic rings. The molecule has 1 atom stereocenters. The second-order valence-corrected chi connectivity index (χ2v) is 4.66. The lowest BCUT2D eigenvalue weighted by Gasteiger charge is -2.12. The molecule has 0 radical (unpaired) electrons. The minimum atomic E-state index is -0.576. The van der Waals surface area contributed by atoms with E-state index in [1.807, 2.05) is 6.92 Å². The quantitative estimate of drug-likeness (QED) is 0.717. The van der Waals surface area contributed by atoms with E-state index in [-0.39, 0.29) is 23.7 Å². The number of nitrogens with zero attached hydrogens (tertiary/aromatic N) is 3. The van der Waals surface area contributed by atoms with Crippen molar-refractivity contribution in [2.24, 2.45) is 0 Å². The fourth-order valence-corrected chi connectivity index (χ4v) is 1.87. The molecule has 2 rings (SSSR count). The molecular formula is C14H17FN4O3. The van der Waals surface area contributed by atoms with E-state index in [4.69, 9.17) is 5.11 Å². The Morgan fingerprint density at radius 3 is 2.68 bits per heavy atom. The van der Waals surface area contributed by atoms with Crippen LogP contribution in [-0.4, -0.2) is 43.8 Å². The Morgan fingerprint density at radius 2 is 2.09 bits per heavy atom. The molecule has 0 bridgehead atoms. The Labute approximate surface area is 126 Å². The lowest BCUT2D eigenvalue weighted by molar-refractivity contribution is 0.0906. The Morgan fingerprint density at radius 1 is 1.36 bits per heavy atom. The highest BCUT2D eigenvalue weighted by Gasteiger charge is 2.21. The lowest BCUT2D eigenvalue weighted by atomic mass is 10.2. The number of amides is 1. The zero-order chi connectivity index (χ0) is 16.1. The maximum absolute atomic E-state index is 13.7. The largest absolute Gasteiger partial charge is 0.394 e. The van der Waals surface area contributed by atoms with Gasteiger partial charge in [0.05, 0.1) is 19.3 Å². The first-order chi connectivity index (χ1) is 10.6. The summed E-state index contributed by atoms with van der Waals surface area (Å²) < 4.78 is 13.7. The molecular weight excluding hydrogens is 291 g/mol. The number of benzene rings is 1. The van der Waals surface area contributed by atoms with Crippen molar-refractivity contribution < 1.29 is 19.4 Å². The third-order valence-corrected chi connectivity index (χ3v) is 3.16. The van der Waals surface area contributed by atoms with E-state index in [0.717, 1.165) is 4.80 Å². The first kappa shape index (κ1) is 16.1. The molecule has 2 aromatic rings. The summed E-state index contributed by atoms with van der Waals surface area (Å²) in [7, 11) is 0. The molecule has 3 N–H and O–H groups in total. The summed E-state index contributed by atoms with van der Waals surface area (Å²) in [5, 5.41) is 28.9. The minimum Gasteiger partial charge on any atom is -0.394 e. The van der Waals surface area contributed by atoms with Gasteiger partial charge in [0.15, 0.2) is 11.5 Å². The van der Waals surface area contributed by atoms with Crippen LogP contribution in [-0.2, 0) is 6.61 Å². The molecule has 0 saturated heterocycles. The summed E-state index contributed by atoms with van der Waals surface area (Å²) in [6.07, 6.45) is 0.540. The van der Waals surface area contributed by atoms with Crippen LogP contribution in [0.4, 0.5) is 4.39 Å². The third-order valence-electron chi connectivity index (χ3n) is 3.16. The van der Waals surface area contributed by atoms with Gasteiger partial charge in [0.1, 0.15) is 11.4 Å². The molecule has 1 aromatic carbocycles. The summed E-state index contributed by atoms with van der Waals surface area (Å²) >= 11 is 0. The standard InChI is InChI=1S/C14H17FN4O3/c1-2-9(7-20)16-14(22)13-11(8-21)17-19(18-13)12-6-4-3-5-10(12)15/h3-6,9,20-21H,2,7-8H2,1H3,(H,16,22). The molecule has 0 aliphatic carbocycles. The van der Waals surface area contributed by atoms with E-state index in [0.29, 0.717) is 6.42 Å². The summed E-state index contributed by atoms with van der Waals surface area (Å²) in [6, 6.07) is 5.42. The number of carbonyl (C=O) groups is 1. The second kappa shape index (κ2) is 7.10. The second-order valence-electron chi connectivity index (χ2n) is 4.66. The molecule has 118 valence electrons. The van der Waals surface area contributed by atoms with Gasteiger partial charge in [-0.15, -0.1) is 15.0 Å². The number of hydrogen-bond donors (Lipinski definition) is 3. The Hall–Kier alpha value is -2.32. The van der Waals surface area contributed by atoms with Crippen LogP contribution in [0.3, 0.4) is 0 Å². The molecule has 1 unspecified atom stereocenters. The molecule has 0 aliphatic heterocycles. The van der Waals surface area contributed by atoms with E-state index in [2.05, 4.69) is 15.5 Å². The molecule has 0 fully saturated rings. The molecule has 1 aromatic heterocycles. The molecule has 8 heteroatoms. The van der Waals surface area contributed by atoms with Crippen LogP contribution in [0.25, 0.3) is 5.69 Å². The van der Waals surface area contributed by atoms with Crippen molar-refractivity contribution in [2.75, 3.05) is 6.61 Å². The highest BCUT2D eigenvalue weighted by Crippen LogP contribution is 2.13. The molecule has 7 nitrogen and oxygen atoms in total. The number of hydrogen-bond acceptors (Lipinski definition) is 5. The van der Waals surface area contributed by atoms with Gasteiger partial charge in [-0.05, 0) is 18.6 Å². The van der Waals surface area contributed by atoms with Crippen LogP contribution in [0.1, 0.15) is 29.5 Å². The Balaban J connectivity index is 2.33. The van der Waals surface area contributed by atoms with Gasteiger partial charge >= 0.3 is 0 Å². The fourth-order valence-electron chi connectivity index (χ4n) is 1.87. The Kier molecular flexibility index (Phi) is 5.18. The first-order valence-electron chi connectivity index (χ1n) is 6.84. The number of para-hydroxylation sites is 1. The topological polar surface area (TPSA) is 100 Å². The minimum absolute atomic E-state index is 0.0357. The molecule has 0 spiro atoms. The highest BCUT2D eigenvalue weighted by molar-refractivity contribution is 5.93. The summed E-state index contributed by atoms with van der Waals surface area (Å²) in [5.41, 5.74) is 0.0108. The summed E-state index contributed by atoms with van der Waals surface area (Å²) in [4.78, 5) is 13.1. The van der Waals surface area contributed by atoms with Gasteiger partial charge in [0.25, 0.3) is 5.91 Å². The predicted molar refractivity (Wildman–Crippen MR) is 75.9 cm³/mol. The number of nitrogens with one attached hydrogen (secondary N) is 1. The van der Waals surface area contributed by atoms with Gasteiger partial charge in [-0.25, -0.2) is 4.39 Å². The third kappa shape index (κ3) is 3.29. The van der Waals surface area contributed by atoms with Crippen molar-refractivity contribution in [1.82, 2.24) is 20.3 Å². The van der Waals surface area contributed by atoms with Crippen LogP contribution in [0.2, 0.25) is 0 Å². The zero-order valence-electron chi connectivity index (χ0n) is 12.0. The number of aliphatic hydroxyl groups is 2. The number of rotatable bonds is 6. The average Bonchev–Trinajstić information content (AvgIpc) is 2.97. The predicted octanol–water partition coefficient (Wildman–Crippen LogP) is 0.399. The van der Waals surface area contributed by atoms with Gasteiger partial charge < -0.3 is 15.5 Å². The highest BCUT2D eigenvalue weighted by atomic mass is 19.1. The van der Waals surface area contributed by atoms with E-state index < -0.39 is 24.4 Å². The fraction of sp³-hybridized carbons (Fsp3) is 0.357. The number of carbonyl (C=O) groups excluding carboxylic acids is 1. The summed E-state index contributed by atoms with van der Waals surface area (Å²) in [5.74, 6) is -1.12. The maximum Gasteiger partial charge on any atom is 0.274 e. The van der Waals surface area contributed by atoms with Gasteiger partial charge in [0.2, 0.25) is 0 Å². The van der Waals surface area contributed by atoms with Crippen molar-refractivity contribution in [3.05, 3.63) is 41.5 Å². The van der Waals surface area contributed by atoms with Crippen molar-refractivity contribution in [3.8, 4) is 5.69 Å². The lowest BCUT2D eigenvalue weighted by Crippen LogP contribution is -2.37. The van der Waals surface area contributed by atoms with E-state index in [9.17, 15) is 14.3 Å². The van der Waals surface area contributed by atoms with E-state index >= 15 is 0 Å². The monoisotopic (exact) mass is 308 g/mol. The Bertz CT molecular complexity index is 655. The average molecular weight is 308 g/mol. The summed E-state index contributed by atoms with van der Waals surface area (Å²) in [6.45, 7) is 1.09. The molecule has 0 saturated carbocycles. The molecule has 22 heavy (non-hydrogen) atoms. The smallest absolute Gasteiger partial charge is 0.274 e. The van der Waals surface area contributed by atoms with E-state index in [1.54, 1.807) is 6.07 Å². The van der Waals surface area contributed by atoms with Crippen molar-refractivity contribution in [2.45, 2.75) is 26.0 Å². The van der Waals surface area contributed by atoms with E-state index in [1.165, 1.54) is 18.2 Å². The van der Waals surface area contributed by atoms with Gasteiger partial charge in [-0.1, -0.05) is 19.1 Å². The van der Waals surface area contributed by atoms with Crippen LogP contribution < -0.4 is 5.32 Å². The molecule has 1 amide bonds. The molecule has 1 heterocycles. The van der Waals surface area contributed by atoms with Crippen molar-refractivity contribution in [3.63, 3.8) is 0 Å². The SMILES string of the molecule is CCC(CO)NC(=O)c1nn(-c2ccccc2F)nc1CO. The van der Waals surface area contributed by atoms with Crippen LogP contribution in [0, 0.1) is 5.82 Å². The number of halogens is 1. The van der Waals surface area contributed by atoms with Crippen LogP contribution in [0.5, 0.6) is 0 Å². The number of aromatic nitrogens is 3. The van der Waals surface area contributed by atoms with Gasteiger partial charge in [-0.2, -0.15) is 0 Å². The zero-order valence-corrected chi connectivity index (χ0v) is 12.0. The van der Waals surface area contributed by atoms with Crippen molar-refractivity contribution >= 4 is 5.91 Å². The van der Waals surface area contributed by atoms with Crippen molar-refractivity contribution in [1.29, 1.82) is 0 Å². The maximum atomic E-state index is 13.7. The van der Waals surface area contributed by atoms with Gasteiger partial charge in [0, 0.05) is 0 Å². The number of aliphatic hydroxyl groups excluding tert-OH is 2.